The van der Waals surface area contributed by atoms with Crippen LogP contribution in [0, 0.1) is 6.92 Å². The summed E-state index contributed by atoms with van der Waals surface area (Å²) in [4.78, 5) is 7.10. The van der Waals surface area contributed by atoms with Crippen LogP contribution in [0.1, 0.15) is 38.2 Å². The van der Waals surface area contributed by atoms with Crippen molar-refractivity contribution in [1.29, 1.82) is 0 Å². The Balaban J connectivity index is 2.42. The van der Waals surface area contributed by atoms with E-state index in [-0.39, 0.29) is 0 Å². The number of halogens is 1. The Morgan fingerprint density at radius 1 is 1.30 bits per heavy atom. The Labute approximate surface area is 126 Å². The quantitative estimate of drug-likeness (QED) is 0.751. The normalized spacial score (nSPS) is 13.3. The highest BCUT2D eigenvalue weighted by Gasteiger charge is 2.17. The first kappa shape index (κ1) is 15.3. The molecule has 1 aromatic heterocycles. The number of alkyl halides is 1. The average Bonchev–Trinajstić information content (AvgIpc) is 2.82. The van der Waals surface area contributed by atoms with Gasteiger partial charge in [-0.2, -0.15) is 0 Å². The van der Waals surface area contributed by atoms with Crippen molar-refractivity contribution in [3.8, 4) is 0 Å². The number of benzene rings is 1. The van der Waals surface area contributed by atoms with E-state index < -0.39 is 0 Å². The van der Waals surface area contributed by atoms with Crippen molar-refractivity contribution in [3.63, 3.8) is 0 Å². The van der Waals surface area contributed by atoms with E-state index >= 15 is 0 Å². The van der Waals surface area contributed by atoms with Gasteiger partial charge in [0.05, 0.1) is 16.9 Å². The van der Waals surface area contributed by atoms with Crippen molar-refractivity contribution < 1.29 is 0 Å². The number of aromatic nitrogens is 2. The van der Waals surface area contributed by atoms with Crippen LogP contribution in [0.5, 0.6) is 0 Å². The number of hydrogen-bond donors (Lipinski definition) is 0. The first-order chi connectivity index (χ1) is 9.60. The number of fused-ring (bicyclic) bond motifs is 1. The smallest absolute Gasteiger partial charge is 0.125 e. The second kappa shape index (κ2) is 6.59. The summed E-state index contributed by atoms with van der Waals surface area (Å²) in [6.45, 7) is 11.9. The lowest BCUT2D eigenvalue weighted by Crippen LogP contribution is -2.30. The number of likely N-dealkylation sites (N-methyl/N-ethyl adjacent to an activating group) is 1. The molecule has 0 saturated heterocycles. The van der Waals surface area contributed by atoms with Gasteiger partial charge < -0.3 is 9.47 Å². The van der Waals surface area contributed by atoms with Gasteiger partial charge in [-0.1, -0.05) is 19.9 Å². The van der Waals surface area contributed by atoms with Gasteiger partial charge in [0.25, 0.3) is 0 Å². The minimum absolute atomic E-state index is 0.371. The molecule has 0 bridgehead atoms. The molecule has 0 amide bonds. The zero-order valence-corrected chi connectivity index (χ0v) is 13.6. The van der Waals surface area contributed by atoms with Crippen LogP contribution >= 0.6 is 11.6 Å². The topological polar surface area (TPSA) is 21.1 Å². The summed E-state index contributed by atoms with van der Waals surface area (Å²) in [5.41, 5.74) is 3.49. The zero-order chi connectivity index (χ0) is 14.7. The third-order valence-electron chi connectivity index (χ3n) is 3.90. The Bertz CT molecular complexity index is 572. The molecule has 1 unspecified atom stereocenters. The van der Waals surface area contributed by atoms with E-state index in [1.54, 1.807) is 0 Å². The van der Waals surface area contributed by atoms with Gasteiger partial charge in [-0.25, -0.2) is 4.98 Å². The van der Waals surface area contributed by atoms with Crippen LogP contribution in [-0.4, -0.2) is 34.1 Å². The number of rotatable bonds is 6. The van der Waals surface area contributed by atoms with Gasteiger partial charge in [-0.05, 0) is 44.6 Å². The highest BCUT2D eigenvalue weighted by molar-refractivity contribution is 6.16. The maximum Gasteiger partial charge on any atom is 0.125 e. The minimum atomic E-state index is 0.371. The molecule has 20 heavy (non-hydrogen) atoms. The van der Waals surface area contributed by atoms with E-state index in [1.165, 1.54) is 11.1 Å². The average molecular weight is 294 g/mol. The fraction of sp³-hybridized carbons (Fsp3) is 0.562. The van der Waals surface area contributed by atoms with Gasteiger partial charge >= 0.3 is 0 Å². The molecule has 0 fully saturated rings. The minimum Gasteiger partial charge on any atom is -0.323 e. The van der Waals surface area contributed by atoms with E-state index in [0.717, 1.165) is 31.0 Å². The monoisotopic (exact) mass is 293 g/mol. The van der Waals surface area contributed by atoms with E-state index in [0.29, 0.717) is 11.9 Å². The molecule has 0 spiro atoms. The maximum atomic E-state index is 6.09. The Hall–Kier alpha value is -1.06. The summed E-state index contributed by atoms with van der Waals surface area (Å²) < 4.78 is 2.30. The summed E-state index contributed by atoms with van der Waals surface area (Å²) in [7, 11) is 0. The number of imidazole rings is 1. The standard InChI is InChI=1S/C16H24ClN3/c1-5-19(6-2)11-13(4)20-15-9-12(3)7-8-14(15)18-16(20)10-17/h7-9,13H,5-6,10-11H2,1-4H3. The lowest BCUT2D eigenvalue weighted by Gasteiger charge is -2.25. The van der Waals surface area contributed by atoms with E-state index in [2.05, 4.69) is 60.3 Å². The highest BCUT2D eigenvalue weighted by atomic mass is 35.5. The van der Waals surface area contributed by atoms with Gasteiger partial charge in [0.15, 0.2) is 0 Å². The Kier molecular flexibility index (Phi) is 5.06. The first-order valence-electron chi connectivity index (χ1n) is 7.36. The predicted molar refractivity (Wildman–Crippen MR) is 86.5 cm³/mol. The third kappa shape index (κ3) is 2.99. The molecule has 110 valence electrons. The molecule has 0 radical (unpaired) electrons. The fourth-order valence-corrected chi connectivity index (χ4v) is 2.96. The number of nitrogens with zero attached hydrogens (tertiary/aromatic N) is 3. The Morgan fingerprint density at radius 3 is 2.60 bits per heavy atom. The molecule has 0 aliphatic heterocycles. The molecule has 3 nitrogen and oxygen atoms in total. The first-order valence-corrected chi connectivity index (χ1v) is 7.89. The van der Waals surface area contributed by atoms with Crippen LogP contribution in [0.15, 0.2) is 18.2 Å². The van der Waals surface area contributed by atoms with Crippen LogP contribution in [0.25, 0.3) is 11.0 Å². The molecule has 0 aliphatic rings. The van der Waals surface area contributed by atoms with Gasteiger partial charge in [0, 0.05) is 12.6 Å². The SMILES string of the molecule is CCN(CC)CC(C)n1c(CCl)nc2ccc(C)cc21. The largest absolute Gasteiger partial charge is 0.323 e. The van der Waals surface area contributed by atoms with Crippen molar-refractivity contribution in [2.75, 3.05) is 19.6 Å². The molecule has 1 aromatic carbocycles. The summed E-state index contributed by atoms with van der Waals surface area (Å²) in [6, 6.07) is 6.76. The third-order valence-corrected chi connectivity index (χ3v) is 4.13. The molecule has 4 heteroatoms. The number of aryl methyl sites for hydroxylation is 1. The van der Waals surface area contributed by atoms with Crippen molar-refractivity contribution >= 4 is 22.6 Å². The van der Waals surface area contributed by atoms with Crippen molar-refractivity contribution in [1.82, 2.24) is 14.5 Å². The van der Waals surface area contributed by atoms with Crippen LogP contribution in [0.2, 0.25) is 0 Å². The van der Waals surface area contributed by atoms with Gasteiger partial charge in [-0.15, -0.1) is 11.6 Å². The van der Waals surface area contributed by atoms with Crippen molar-refractivity contribution in [2.24, 2.45) is 0 Å². The van der Waals surface area contributed by atoms with Crippen LogP contribution in [-0.2, 0) is 5.88 Å². The van der Waals surface area contributed by atoms with Gasteiger partial charge in [0.1, 0.15) is 5.82 Å². The zero-order valence-electron chi connectivity index (χ0n) is 12.9. The summed E-state index contributed by atoms with van der Waals surface area (Å²) in [5.74, 6) is 1.42. The van der Waals surface area contributed by atoms with Crippen molar-refractivity contribution in [2.45, 2.75) is 39.6 Å². The maximum absolute atomic E-state index is 6.09. The highest BCUT2D eigenvalue weighted by Crippen LogP contribution is 2.24. The Morgan fingerprint density at radius 2 is 2.00 bits per heavy atom. The van der Waals surface area contributed by atoms with E-state index in [9.17, 15) is 0 Å². The summed E-state index contributed by atoms with van der Waals surface area (Å²) in [5, 5.41) is 0. The molecule has 1 atom stereocenters. The molecule has 2 aromatic rings. The molecule has 0 N–H and O–H groups in total. The fourth-order valence-electron chi connectivity index (χ4n) is 2.78. The summed E-state index contributed by atoms with van der Waals surface area (Å²) >= 11 is 6.09. The predicted octanol–water partition coefficient (Wildman–Crippen LogP) is 3.99. The van der Waals surface area contributed by atoms with E-state index in [1.807, 2.05) is 0 Å². The molecule has 0 saturated carbocycles. The molecular weight excluding hydrogens is 270 g/mol. The van der Waals surface area contributed by atoms with Gasteiger partial charge in [0.2, 0.25) is 0 Å². The second-order valence-corrected chi connectivity index (χ2v) is 5.63. The lowest BCUT2D eigenvalue weighted by atomic mass is 10.2. The second-order valence-electron chi connectivity index (χ2n) is 5.36. The van der Waals surface area contributed by atoms with E-state index in [4.69, 9.17) is 11.6 Å². The molecule has 2 rings (SSSR count). The lowest BCUT2D eigenvalue weighted by molar-refractivity contribution is 0.261. The molecular formula is C16H24ClN3. The van der Waals surface area contributed by atoms with Crippen LogP contribution in [0.4, 0.5) is 0 Å². The van der Waals surface area contributed by atoms with Crippen molar-refractivity contribution in [3.05, 3.63) is 29.6 Å². The summed E-state index contributed by atoms with van der Waals surface area (Å²) in [6.07, 6.45) is 0. The van der Waals surface area contributed by atoms with Gasteiger partial charge in [-0.3, -0.25) is 0 Å². The van der Waals surface area contributed by atoms with Crippen LogP contribution < -0.4 is 0 Å². The molecule has 1 heterocycles. The molecule has 0 aliphatic carbocycles. The van der Waals surface area contributed by atoms with Crippen LogP contribution in [0.3, 0.4) is 0 Å². The number of hydrogen-bond acceptors (Lipinski definition) is 2.